The van der Waals surface area contributed by atoms with Gasteiger partial charge in [0.25, 0.3) is 5.91 Å². The average molecular weight is 255 g/mol. The normalized spacial score (nSPS) is 11.8. The van der Waals surface area contributed by atoms with E-state index in [2.05, 4.69) is 5.32 Å². The van der Waals surface area contributed by atoms with Crippen molar-refractivity contribution in [3.63, 3.8) is 0 Å². The molecular formula is C12H17NO5. The Morgan fingerprint density at radius 1 is 1.33 bits per heavy atom. The van der Waals surface area contributed by atoms with Crippen LogP contribution in [0.4, 0.5) is 0 Å². The Balaban J connectivity index is 2.89. The fraction of sp³-hybridized carbons (Fsp3) is 0.417. The molecule has 0 aliphatic heterocycles. The molecule has 100 valence electrons. The van der Waals surface area contributed by atoms with Gasteiger partial charge in [-0.3, -0.25) is 4.79 Å². The molecule has 1 rings (SSSR count). The summed E-state index contributed by atoms with van der Waals surface area (Å²) in [4.78, 5) is 12.0. The molecule has 0 saturated carbocycles. The van der Waals surface area contributed by atoms with Gasteiger partial charge in [0.1, 0.15) is 17.1 Å². The molecule has 0 bridgehead atoms. The van der Waals surface area contributed by atoms with E-state index < -0.39 is 18.6 Å². The van der Waals surface area contributed by atoms with Gasteiger partial charge >= 0.3 is 0 Å². The molecule has 0 saturated heterocycles. The summed E-state index contributed by atoms with van der Waals surface area (Å²) in [6, 6.07) is 4.98. The number of aliphatic hydroxyl groups excluding tert-OH is 2. The predicted octanol–water partition coefficient (Wildman–Crippen LogP) is -0.213. The Morgan fingerprint density at radius 3 is 2.33 bits per heavy atom. The van der Waals surface area contributed by atoms with E-state index in [1.165, 1.54) is 14.2 Å². The van der Waals surface area contributed by atoms with Crippen LogP contribution in [0.2, 0.25) is 0 Å². The zero-order chi connectivity index (χ0) is 13.5. The van der Waals surface area contributed by atoms with Gasteiger partial charge in [0.15, 0.2) is 0 Å². The van der Waals surface area contributed by atoms with Crippen molar-refractivity contribution in [3.8, 4) is 11.5 Å². The second-order valence-electron chi connectivity index (χ2n) is 3.58. The predicted molar refractivity (Wildman–Crippen MR) is 65.0 cm³/mol. The quantitative estimate of drug-likeness (QED) is 0.654. The molecule has 6 nitrogen and oxygen atoms in total. The first kappa shape index (κ1) is 14.3. The minimum atomic E-state index is -0.991. The van der Waals surface area contributed by atoms with Crippen LogP contribution in [-0.2, 0) is 0 Å². The van der Waals surface area contributed by atoms with Crippen molar-refractivity contribution in [2.24, 2.45) is 0 Å². The van der Waals surface area contributed by atoms with Gasteiger partial charge in [0.05, 0.1) is 26.9 Å². The molecule has 0 spiro atoms. The minimum absolute atomic E-state index is 0.0451. The highest BCUT2D eigenvalue weighted by atomic mass is 16.5. The van der Waals surface area contributed by atoms with Crippen LogP contribution >= 0.6 is 0 Å². The Morgan fingerprint density at radius 2 is 1.89 bits per heavy atom. The number of carbonyl (C=O) groups is 1. The standard InChI is InChI=1S/C12H17NO5/c1-17-9-4-3-5-10(18-2)11(9)12(16)13-6-8(15)7-14/h3-5,8,14-15H,6-7H2,1-2H3,(H,13,16). The van der Waals surface area contributed by atoms with Crippen LogP contribution in [0.15, 0.2) is 18.2 Å². The lowest BCUT2D eigenvalue weighted by molar-refractivity contribution is 0.0798. The van der Waals surface area contributed by atoms with E-state index in [4.69, 9.17) is 14.6 Å². The smallest absolute Gasteiger partial charge is 0.258 e. The number of hydrogen-bond donors (Lipinski definition) is 3. The van der Waals surface area contributed by atoms with Crippen molar-refractivity contribution < 1.29 is 24.5 Å². The summed E-state index contributed by atoms with van der Waals surface area (Å²) in [5, 5.41) is 20.3. The molecule has 1 aromatic rings. The third kappa shape index (κ3) is 3.35. The lowest BCUT2D eigenvalue weighted by atomic mass is 10.1. The fourth-order valence-corrected chi connectivity index (χ4v) is 1.44. The van der Waals surface area contributed by atoms with Crippen molar-refractivity contribution in [2.45, 2.75) is 6.10 Å². The van der Waals surface area contributed by atoms with Gasteiger partial charge in [-0.2, -0.15) is 0 Å². The molecule has 18 heavy (non-hydrogen) atoms. The third-order valence-corrected chi connectivity index (χ3v) is 2.36. The molecule has 0 fully saturated rings. The van der Waals surface area contributed by atoms with E-state index in [0.717, 1.165) is 0 Å². The number of rotatable bonds is 6. The van der Waals surface area contributed by atoms with Gasteiger partial charge in [-0.05, 0) is 12.1 Å². The van der Waals surface area contributed by atoms with Crippen molar-refractivity contribution in [1.82, 2.24) is 5.32 Å². The number of amides is 1. The highest BCUT2D eigenvalue weighted by molar-refractivity contribution is 5.99. The number of hydrogen-bond acceptors (Lipinski definition) is 5. The van der Waals surface area contributed by atoms with Crippen LogP contribution in [0, 0.1) is 0 Å². The summed E-state index contributed by atoms with van der Waals surface area (Å²) in [5.74, 6) is 0.326. The van der Waals surface area contributed by atoms with Crippen LogP contribution in [0.3, 0.4) is 0 Å². The lowest BCUT2D eigenvalue weighted by Gasteiger charge is -2.14. The van der Waals surface area contributed by atoms with Gasteiger partial charge < -0.3 is 25.0 Å². The summed E-state index contributed by atoms with van der Waals surface area (Å²) in [7, 11) is 2.91. The number of carbonyl (C=O) groups excluding carboxylic acids is 1. The zero-order valence-electron chi connectivity index (χ0n) is 10.3. The lowest BCUT2D eigenvalue weighted by Crippen LogP contribution is -2.34. The molecule has 1 unspecified atom stereocenters. The van der Waals surface area contributed by atoms with E-state index in [0.29, 0.717) is 11.5 Å². The molecule has 0 aromatic heterocycles. The maximum Gasteiger partial charge on any atom is 0.258 e. The molecule has 1 aromatic carbocycles. The maximum absolute atomic E-state index is 12.0. The van der Waals surface area contributed by atoms with Gasteiger partial charge in [-0.1, -0.05) is 6.07 Å². The molecule has 0 aliphatic rings. The van der Waals surface area contributed by atoms with Crippen LogP contribution in [0.5, 0.6) is 11.5 Å². The second kappa shape index (κ2) is 6.83. The molecule has 3 N–H and O–H groups in total. The van der Waals surface area contributed by atoms with E-state index in [1.54, 1.807) is 18.2 Å². The first-order chi connectivity index (χ1) is 8.63. The van der Waals surface area contributed by atoms with Gasteiger partial charge in [0.2, 0.25) is 0 Å². The van der Waals surface area contributed by atoms with Gasteiger partial charge in [-0.15, -0.1) is 0 Å². The highest BCUT2D eigenvalue weighted by Gasteiger charge is 2.18. The summed E-state index contributed by atoms with van der Waals surface area (Å²) in [6.07, 6.45) is -0.991. The van der Waals surface area contributed by atoms with E-state index in [1.807, 2.05) is 0 Å². The fourth-order valence-electron chi connectivity index (χ4n) is 1.44. The third-order valence-electron chi connectivity index (χ3n) is 2.36. The molecular weight excluding hydrogens is 238 g/mol. The molecule has 1 amide bonds. The Labute approximate surface area is 105 Å². The van der Waals surface area contributed by atoms with Crippen LogP contribution in [0.25, 0.3) is 0 Å². The summed E-state index contributed by atoms with van der Waals surface area (Å²) in [6.45, 7) is -0.458. The molecule has 0 heterocycles. The Bertz CT molecular complexity index is 385. The van der Waals surface area contributed by atoms with E-state index in [-0.39, 0.29) is 12.1 Å². The monoisotopic (exact) mass is 255 g/mol. The minimum Gasteiger partial charge on any atom is -0.496 e. The Hall–Kier alpha value is -1.79. The SMILES string of the molecule is COc1cccc(OC)c1C(=O)NCC(O)CO. The number of aliphatic hydroxyl groups is 2. The molecule has 1 atom stereocenters. The van der Waals surface area contributed by atoms with Crippen LogP contribution in [-0.4, -0.2) is 49.6 Å². The van der Waals surface area contributed by atoms with Crippen LogP contribution in [0.1, 0.15) is 10.4 Å². The van der Waals surface area contributed by atoms with E-state index in [9.17, 15) is 9.90 Å². The maximum atomic E-state index is 12.0. The van der Waals surface area contributed by atoms with Crippen molar-refractivity contribution in [2.75, 3.05) is 27.4 Å². The van der Waals surface area contributed by atoms with Gasteiger partial charge in [0, 0.05) is 6.54 Å². The zero-order valence-corrected chi connectivity index (χ0v) is 10.3. The van der Waals surface area contributed by atoms with Crippen molar-refractivity contribution >= 4 is 5.91 Å². The molecule has 0 radical (unpaired) electrons. The Kier molecular flexibility index (Phi) is 5.41. The number of methoxy groups -OCH3 is 2. The summed E-state index contributed by atoms with van der Waals surface area (Å²) >= 11 is 0. The summed E-state index contributed by atoms with van der Waals surface area (Å²) in [5.41, 5.74) is 0.257. The molecule has 0 aliphatic carbocycles. The first-order valence-electron chi connectivity index (χ1n) is 5.42. The first-order valence-corrected chi connectivity index (χ1v) is 5.42. The summed E-state index contributed by atoms with van der Waals surface area (Å²) < 4.78 is 10.2. The number of ether oxygens (including phenoxy) is 2. The second-order valence-corrected chi connectivity index (χ2v) is 3.58. The topological polar surface area (TPSA) is 88.0 Å². The van der Waals surface area contributed by atoms with E-state index >= 15 is 0 Å². The number of benzene rings is 1. The van der Waals surface area contributed by atoms with Crippen molar-refractivity contribution in [1.29, 1.82) is 0 Å². The average Bonchev–Trinajstić information content (AvgIpc) is 2.43. The highest BCUT2D eigenvalue weighted by Crippen LogP contribution is 2.27. The number of nitrogens with one attached hydrogen (secondary N) is 1. The molecule has 6 heteroatoms. The largest absolute Gasteiger partial charge is 0.496 e. The van der Waals surface area contributed by atoms with Gasteiger partial charge in [-0.25, -0.2) is 0 Å². The van der Waals surface area contributed by atoms with Crippen molar-refractivity contribution in [3.05, 3.63) is 23.8 Å². The van der Waals surface area contributed by atoms with Crippen LogP contribution < -0.4 is 14.8 Å².